The Bertz CT molecular complexity index is 263. The van der Waals surface area contributed by atoms with Gasteiger partial charge in [0, 0.05) is 36.0 Å². The van der Waals surface area contributed by atoms with E-state index in [1.54, 1.807) is 0 Å². The summed E-state index contributed by atoms with van der Waals surface area (Å²) in [7, 11) is 0. The molecule has 13 heavy (non-hydrogen) atoms. The van der Waals surface area contributed by atoms with E-state index in [4.69, 9.17) is 0 Å². The van der Waals surface area contributed by atoms with Crippen molar-refractivity contribution in [1.29, 1.82) is 0 Å². The summed E-state index contributed by atoms with van der Waals surface area (Å²) in [5, 5.41) is 1.06. The SMILES string of the molecule is BrCC1CCCN1c1ccncc1. The second-order valence-electron chi connectivity index (χ2n) is 3.35. The summed E-state index contributed by atoms with van der Waals surface area (Å²) < 4.78 is 0. The van der Waals surface area contributed by atoms with Gasteiger partial charge in [-0.1, -0.05) is 15.9 Å². The predicted molar refractivity (Wildman–Crippen MR) is 58.4 cm³/mol. The zero-order valence-corrected chi connectivity index (χ0v) is 9.07. The summed E-state index contributed by atoms with van der Waals surface area (Å²) in [4.78, 5) is 6.48. The predicted octanol–water partition coefficient (Wildman–Crippen LogP) is 2.45. The third-order valence-corrected chi connectivity index (χ3v) is 3.30. The molecule has 1 fully saturated rings. The van der Waals surface area contributed by atoms with E-state index in [0.717, 1.165) is 5.33 Å². The molecule has 2 nitrogen and oxygen atoms in total. The zero-order valence-electron chi connectivity index (χ0n) is 7.49. The fourth-order valence-corrected chi connectivity index (χ4v) is 2.54. The van der Waals surface area contributed by atoms with Crippen LogP contribution in [0.5, 0.6) is 0 Å². The number of alkyl halides is 1. The highest BCUT2D eigenvalue weighted by atomic mass is 79.9. The number of rotatable bonds is 2. The molecule has 3 heteroatoms. The largest absolute Gasteiger partial charge is 0.368 e. The molecule has 0 aromatic carbocycles. The molecule has 0 radical (unpaired) electrons. The molecular formula is C10H13BrN2. The highest BCUT2D eigenvalue weighted by Crippen LogP contribution is 2.25. The van der Waals surface area contributed by atoms with Crippen LogP contribution in [0.3, 0.4) is 0 Å². The van der Waals surface area contributed by atoms with Crippen molar-refractivity contribution in [1.82, 2.24) is 4.98 Å². The average molecular weight is 241 g/mol. The molecule has 1 aliphatic rings. The maximum absolute atomic E-state index is 4.03. The molecule has 0 spiro atoms. The van der Waals surface area contributed by atoms with E-state index in [0.29, 0.717) is 6.04 Å². The van der Waals surface area contributed by atoms with Crippen LogP contribution >= 0.6 is 15.9 Å². The van der Waals surface area contributed by atoms with Gasteiger partial charge < -0.3 is 4.90 Å². The van der Waals surface area contributed by atoms with Gasteiger partial charge in [-0.05, 0) is 25.0 Å². The molecule has 0 saturated carbocycles. The standard InChI is InChI=1S/C10H13BrN2/c11-8-10-2-1-7-13(10)9-3-5-12-6-4-9/h3-6,10H,1-2,7-8H2. The highest BCUT2D eigenvalue weighted by molar-refractivity contribution is 9.09. The van der Waals surface area contributed by atoms with E-state index in [9.17, 15) is 0 Å². The maximum Gasteiger partial charge on any atom is 0.0399 e. The van der Waals surface area contributed by atoms with Gasteiger partial charge in [0.15, 0.2) is 0 Å². The molecule has 0 amide bonds. The molecule has 0 N–H and O–H groups in total. The molecular weight excluding hydrogens is 228 g/mol. The first kappa shape index (κ1) is 9.00. The van der Waals surface area contributed by atoms with E-state index in [2.05, 4.69) is 37.9 Å². The van der Waals surface area contributed by atoms with Crippen LogP contribution in [0.4, 0.5) is 5.69 Å². The summed E-state index contributed by atoms with van der Waals surface area (Å²) in [6.07, 6.45) is 6.32. The van der Waals surface area contributed by atoms with Crippen LogP contribution < -0.4 is 4.90 Å². The molecule has 2 heterocycles. The average Bonchev–Trinajstić information content (AvgIpc) is 2.67. The van der Waals surface area contributed by atoms with Crippen LogP contribution in [0.1, 0.15) is 12.8 Å². The van der Waals surface area contributed by atoms with Gasteiger partial charge in [0.1, 0.15) is 0 Å². The first-order valence-corrected chi connectivity index (χ1v) is 5.76. The zero-order chi connectivity index (χ0) is 9.10. The molecule has 1 aromatic heterocycles. The van der Waals surface area contributed by atoms with Crippen LogP contribution in [0.2, 0.25) is 0 Å². The highest BCUT2D eigenvalue weighted by Gasteiger charge is 2.23. The van der Waals surface area contributed by atoms with Crippen LogP contribution in [0.25, 0.3) is 0 Å². The van der Waals surface area contributed by atoms with Gasteiger partial charge in [0.2, 0.25) is 0 Å². The van der Waals surface area contributed by atoms with Crippen LogP contribution in [0.15, 0.2) is 24.5 Å². The van der Waals surface area contributed by atoms with Crippen molar-refractivity contribution < 1.29 is 0 Å². The molecule has 1 saturated heterocycles. The molecule has 0 aliphatic carbocycles. The van der Waals surface area contributed by atoms with Crippen molar-refractivity contribution in [2.45, 2.75) is 18.9 Å². The Labute approximate surface area is 87.1 Å². The minimum Gasteiger partial charge on any atom is -0.368 e. The van der Waals surface area contributed by atoms with E-state index >= 15 is 0 Å². The van der Waals surface area contributed by atoms with E-state index in [1.165, 1.54) is 25.1 Å². The Morgan fingerprint density at radius 3 is 2.92 bits per heavy atom. The molecule has 1 atom stereocenters. The lowest BCUT2D eigenvalue weighted by Crippen LogP contribution is -2.30. The third-order valence-electron chi connectivity index (χ3n) is 2.55. The molecule has 1 unspecified atom stereocenters. The number of anilines is 1. The van der Waals surface area contributed by atoms with Gasteiger partial charge in [-0.15, -0.1) is 0 Å². The summed E-state index contributed by atoms with van der Waals surface area (Å²) >= 11 is 3.56. The topological polar surface area (TPSA) is 16.1 Å². The second kappa shape index (κ2) is 4.09. The van der Waals surface area contributed by atoms with Crippen LogP contribution in [-0.2, 0) is 0 Å². The van der Waals surface area contributed by atoms with Gasteiger partial charge in [-0.3, -0.25) is 4.98 Å². The monoisotopic (exact) mass is 240 g/mol. The van der Waals surface area contributed by atoms with Crippen molar-refractivity contribution in [3.8, 4) is 0 Å². The number of hydrogen-bond donors (Lipinski definition) is 0. The summed E-state index contributed by atoms with van der Waals surface area (Å²) in [6.45, 7) is 1.18. The molecule has 2 rings (SSSR count). The van der Waals surface area contributed by atoms with Gasteiger partial charge in [0.05, 0.1) is 0 Å². The third kappa shape index (κ3) is 1.85. The lowest BCUT2D eigenvalue weighted by atomic mass is 10.2. The molecule has 0 bridgehead atoms. The first-order chi connectivity index (χ1) is 6.42. The maximum atomic E-state index is 4.03. The van der Waals surface area contributed by atoms with Crippen molar-refractivity contribution in [3.05, 3.63) is 24.5 Å². The number of pyridine rings is 1. The van der Waals surface area contributed by atoms with Gasteiger partial charge in [0.25, 0.3) is 0 Å². The van der Waals surface area contributed by atoms with Gasteiger partial charge in [-0.25, -0.2) is 0 Å². The van der Waals surface area contributed by atoms with Gasteiger partial charge >= 0.3 is 0 Å². The minimum atomic E-state index is 0.669. The summed E-state index contributed by atoms with van der Waals surface area (Å²) in [5.74, 6) is 0. The number of halogens is 1. The lowest BCUT2D eigenvalue weighted by Gasteiger charge is -2.24. The normalized spacial score (nSPS) is 22.2. The Morgan fingerprint density at radius 2 is 2.23 bits per heavy atom. The molecule has 70 valence electrons. The van der Waals surface area contributed by atoms with Crippen LogP contribution in [-0.4, -0.2) is 22.9 Å². The van der Waals surface area contributed by atoms with E-state index in [1.807, 2.05) is 12.4 Å². The van der Waals surface area contributed by atoms with Crippen molar-refractivity contribution in [3.63, 3.8) is 0 Å². The van der Waals surface area contributed by atoms with Gasteiger partial charge in [-0.2, -0.15) is 0 Å². The number of nitrogens with zero attached hydrogens (tertiary/aromatic N) is 2. The second-order valence-corrected chi connectivity index (χ2v) is 4.00. The van der Waals surface area contributed by atoms with Crippen molar-refractivity contribution in [2.24, 2.45) is 0 Å². The Morgan fingerprint density at radius 1 is 1.46 bits per heavy atom. The molecule has 1 aliphatic heterocycles. The minimum absolute atomic E-state index is 0.669. The number of aromatic nitrogens is 1. The fourth-order valence-electron chi connectivity index (χ4n) is 1.87. The summed E-state index contributed by atoms with van der Waals surface area (Å²) in [6, 6.07) is 4.84. The quantitative estimate of drug-likeness (QED) is 0.739. The van der Waals surface area contributed by atoms with E-state index < -0.39 is 0 Å². The number of hydrogen-bond acceptors (Lipinski definition) is 2. The van der Waals surface area contributed by atoms with E-state index in [-0.39, 0.29) is 0 Å². The fraction of sp³-hybridized carbons (Fsp3) is 0.500. The lowest BCUT2D eigenvalue weighted by molar-refractivity contribution is 0.749. The summed E-state index contributed by atoms with van der Waals surface area (Å²) in [5.41, 5.74) is 1.30. The molecule has 1 aromatic rings. The van der Waals surface area contributed by atoms with Crippen LogP contribution in [0, 0.1) is 0 Å². The first-order valence-electron chi connectivity index (χ1n) is 4.64. The Kier molecular flexibility index (Phi) is 2.83. The Balaban J connectivity index is 2.16. The van der Waals surface area contributed by atoms with Crippen molar-refractivity contribution in [2.75, 3.05) is 16.8 Å². The Hall–Kier alpha value is -0.570. The smallest absolute Gasteiger partial charge is 0.0399 e. The van der Waals surface area contributed by atoms with Crippen molar-refractivity contribution >= 4 is 21.6 Å².